The number of nitrogens with one attached hydrogen (secondary N) is 1. The molecule has 0 fully saturated rings. The molecule has 2 heterocycles. The highest BCUT2D eigenvalue weighted by Crippen LogP contribution is 2.42. The van der Waals surface area contributed by atoms with Gasteiger partial charge in [-0.1, -0.05) is 48.0 Å². The number of hydrogen-bond acceptors (Lipinski definition) is 6. The van der Waals surface area contributed by atoms with Crippen molar-refractivity contribution in [2.75, 3.05) is 26.4 Å². The zero-order valence-corrected chi connectivity index (χ0v) is 26.2. The van der Waals surface area contributed by atoms with Gasteiger partial charge >= 0.3 is 5.97 Å². The lowest BCUT2D eigenvalue weighted by Crippen LogP contribution is -2.18. The molecule has 0 saturated carbocycles. The van der Waals surface area contributed by atoms with Gasteiger partial charge in [0.15, 0.2) is 0 Å². The van der Waals surface area contributed by atoms with Gasteiger partial charge in [-0.2, -0.15) is 5.10 Å². The van der Waals surface area contributed by atoms with Crippen LogP contribution in [0.25, 0.3) is 32.8 Å². The average molecular weight is 603 g/mol. The molecule has 3 aromatic carbocycles. The summed E-state index contributed by atoms with van der Waals surface area (Å²) in [6.07, 6.45) is 1.32. The monoisotopic (exact) mass is 602 g/mol. The normalized spacial score (nSPS) is 11.5. The van der Waals surface area contributed by atoms with Crippen LogP contribution in [0, 0.1) is 13.8 Å². The van der Waals surface area contributed by atoms with Crippen molar-refractivity contribution in [2.24, 2.45) is 14.1 Å². The van der Waals surface area contributed by atoms with Crippen LogP contribution in [0.1, 0.15) is 46.3 Å². The van der Waals surface area contributed by atoms with Crippen LogP contribution in [0.2, 0.25) is 5.02 Å². The van der Waals surface area contributed by atoms with Crippen LogP contribution in [0.5, 0.6) is 5.75 Å². The molecular formula is C34H39ClN4O4. The Morgan fingerprint density at radius 2 is 1.86 bits per heavy atom. The summed E-state index contributed by atoms with van der Waals surface area (Å²) < 4.78 is 15.6. The first-order valence-electron chi connectivity index (χ1n) is 14.7. The van der Waals surface area contributed by atoms with Crippen LogP contribution in [0.4, 0.5) is 0 Å². The van der Waals surface area contributed by atoms with E-state index in [-0.39, 0.29) is 19.2 Å². The van der Waals surface area contributed by atoms with Crippen LogP contribution >= 0.6 is 11.6 Å². The lowest BCUT2D eigenvalue weighted by Gasteiger charge is -2.12. The van der Waals surface area contributed by atoms with Crippen molar-refractivity contribution in [1.82, 2.24) is 19.7 Å². The van der Waals surface area contributed by atoms with Gasteiger partial charge in [-0.05, 0) is 62.3 Å². The molecule has 0 radical (unpaired) electrons. The largest absolute Gasteiger partial charge is 0.493 e. The number of carbonyl (C=O) groups is 1. The van der Waals surface area contributed by atoms with E-state index in [4.69, 9.17) is 26.2 Å². The molecule has 43 heavy (non-hydrogen) atoms. The van der Waals surface area contributed by atoms with Gasteiger partial charge in [0, 0.05) is 54.8 Å². The van der Waals surface area contributed by atoms with Gasteiger partial charge in [0.2, 0.25) is 0 Å². The molecule has 2 N–H and O–H groups in total. The Labute approximate surface area is 257 Å². The molecule has 0 unspecified atom stereocenters. The number of aliphatic hydroxyl groups is 1. The first-order chi connectivity index (χ1) is 20.8. The first kappa shape index (κ1) is 30.6. The van der Waals surface area contributed by atoms with Gasteiger partial charge in [-0.15, -0.1) is 0 Å². The standard InChI is InChI=1S/C34H39ClN4O4/c1-6-42-34(41)33-25(12-9-17-43-29-19-21(2)18-23-10-7-8-11-24(23)29)26-13-14-27(35)31(32(26)38(33)4)30-22(3)39(5)37-28(30)20-36-15-16-40/h7-8,10-11,13-14,18-19,36,40H,6,9,12,15-17,20H2,1-5H3. The molecule has 9 heteroatoms. The topological polar surface area (TPSA) is 90.5 Å². The Morgan fingerprint density at radius 3 is 2.63 bits per heavy atom. The van der Waals surface area contributed by atoms with Gasteiger partial charge in [0.25, 0.3) is 0 Å². The van der Waals surface area contributed by atoms with Gasteiger partial charge in [0.1, 0.15) is 11.4 Å². The third kappa shape index (κ3) is 6.00. The number of aryl methyl sites for hydroxylation is 4. The van der Waals surface area contributed by atoms with Crippen molar-refractivity contribution in [3.63, 3.8) is 0 Å². The third-order valence-electron chi connectivity index (χ3n) is 7.91. The summed E-state index contributed by atoms with van der Waals surface area (Å²) in [6.45, 7) is 7.62. The number of rotatable bonds is 12. The molecular weight excluding hydrogens is 564 g/mol. The quantitative estimate of drug-likeness (QED) is 0.129. The smallest absolute Gasteiger partial charge is 0.355 e. The molecule has 0 bridgehead atoms. The number of hydrogen-bond donors (Lipinski definition) is 2. The van der Waals surface area contributed by atoms with Gasteiger partial charge in [-0.25, -0.2) is 4.79 Å². The van der Waals surface area contributed by atoms with Crippen LogP contribution in [-0.2, 0) is 31.8 Å². The number of carbonyl (C=O) groups excluding carboxylic acids is 1. The molecule has 8 nitrogen and oxygen atoms in total. The highest BCUT2D eigenvalue weighted by atomic mass is 35.5. The summed E-state index contributed by atoms with van der Waals surface area (Å²) in [6, 6.07) is 16.3. The molecule has 0 saturated heterocycles. The van der Waals surface area contributed by atoms with Gasteiger partial charge in [-0.3, -0.25) is 4.68 Å². The molecule has 0 atom stereocenters. The van der Waals surface area contributed by atoms with Gasteiger partial charge < -0.3 is 24.5 Å². The van der Waals surface area contributed by atoms with Crippen molar-refractivity contribution < 1.29 is 19.4 Å². The van der Waals surface area contributed by atoms with E-state index < -0.39 is 0 Å². The van der Waals surface area contributed by atoms with Crippen molar-refractivity contribution in [3.8, 4) is 16.9 Å². The fourth-order valence-electron chi connectivity index (χ4n) is 5.93. The lowest BCUT2D eigenvalue weighted by atomic mass is 9.98. The van der Waals surface area contributed by atoms with Gasteiger partial charge in [0.05, 0.1) is 36.1 Å². The summed E-state index contributed by atoms with van der Waals surface area (Å²) >= 11 is 6.93. The number of benzene rings is 3. The first-order valence-corrected chi connectivity index (χ1v) is 15.1. The minimum atomic E-state index is -0.364. The Balaban J connectivity index is 1.54. The maximum Gasteiger partial charge on any atom is 0.355 e. The molecule has 0 aliphatic carbocycles. The van der Waals surface area contributed by atoms with E-state index in [0.717, 1.165) is 61.1 Å². The second kappa shape index (κ2) is 13.2. The third-order valence-corrected chi connectivity index (χ3v) is 8.23. The van der Waals surface area contributed by atoms with E-state index in [1.165, 1.54) is 0 Å². The van der Waals surface area contributed by atoms with Crippen molar-refractivity contribution >= 4 is 39.2 Å². The number of fused-ring (bicyclic) bond motifs is 2. The zero-order valence-electron chi connectivity index (χ0n) is 25.5. The zero-order chi connectivity index (χ0) is 30.7. The SMILES string of the molecule is CCOC(=O)c1c(CCCOc2cc(C)cc3ccccc23)c2ccc(Cl)c(-c3c(CNCCO)nn(C)c3C)c2n1C. The Bertz CT molecular complexity index is 1790. The Morgan fingerprint density at radius 1 is 1.07 bits per heavy atom. The number of aliphatic hydroxyl groups excluding tert-OH is 1. The minimum absolute atomic E-state index is 0.0331. The number of esters is 1. The second-order valence-electron chi connectivity index (χ2n) is 10.8. The van der Waals surface area contributed by atoms with E-state index in [1.807, 2.05) is 61.5 Å². The van der Waals surface area contributed by atoms with E-state index in [0.29, 0.717) is 43.3 Å². The second-order valence-corrected chi connectivity index (χ2v) is 11.2. The summed E-state index contributed by atoms with van der Waals surface area (Å²) in [5.41, 5.74) is 6.95. The fraction of sp³-hybridized carbons (Fsp3) is 0.353. The molecule has 226 valence electrons. The van der Waals surface area contributed by atoms with Crippen LogP contribution in [0.15, 0.2) is 48.5 Å². The molecule has 0 spiro atoms. The summed E-state index contributed by atoms with van der Waals surface area (Å²) in [5, 5.41) is 21.0. The van der Waals surface area contributed by atoms with Crippen LogP contribution in [0.3, 0.4) is 0 Å². The molecule has 0 aliphatic rings. The summed E-state index contributed by atoms with van der Waals surface area (Å²) in [4.78, 5) is 13.4. The molecule has 2 aromatic heterocycles. The van der Waals surface area contributed by atoms with E-state index in [1.54, 1.807) is 0 Å². The van der Waals surface area contributed by atoms with Crippen LogP contribution in [-0.4, -0.2) is 51.8 Å². The predicted octanol–water partition coefficient (Wildman–Crippen LogP) is 6.27. The molecule has 0 amide bonds. The molecule has 0 aliphatic heterocycles. The fourth-order valence-corrected chi connectivity index (χ4v) is 6.18. The predicted molar refractivity (Wildman–Crippen MR) is 172 cm³/mol. The van der Waals surface area contributed by atoms with E-state index in [9.17, 15) is 9.90 Å². The number of halogens is 1. The van der Waals surface area contributed by atoms with Crippen molar-refractivity contribution in [2.45, 2.75) is 40.2 Å². The maximum atomic E-state index is 13.4. The summed E-state index contributed by atoms with van der Waals surface area (Å²) in [7, 11) is 3.79. The lowest BCUT2D eigenvalue weighted by molar-refractivity contribution is 0.0514. The Hall–Kier alpha value is -3.85. The average Bonchev–Trinajstić information content (AvgIpc) is 3.42. The van der Waals surface area contributed by atoms with E-state index in [2.05, 4.69) is 36.5 Å². The minimum Gasteiger partial charge on any atom is -0.493 e. The number of aromatic nitrogens is 3. The number of ether oxygens (including phenoxy) is 2. The van der Waals surface area contributed by atoms with Crippen molar-refractivity contribution in [3.05, 3.63) is 81.8 Å². The summed E-state index contributed by atoms with van der Waals surface area (Å²) in [5.74, 6) is 0.499. The molecule has 5 rings (SSSR count). The Kier molecular flexibility index (Phi) is 9.40. The van der Waals surface area contributed by atoms with Crippen LogP contribution < -0.4 is 10.1 Å². The van der Waals surface area contributed by atoms with E-state index >= 15 is 0 Å². The van der Waals surface area contributed by atoms with Crippen molar-refractivity contribution in [1.29, 1.82) is 0 Å². The molecule has 5 aromatic rings. The highest BCUT2D eigenvalue weighted by Gasteiger charge is 2.27. The maximum absolute atomic E-state index is 13.4. The number of nitrogens with zero attached hydrogens (tertiary/aromatic N) is 3. The highest BCUT2D eigenvalue weighted by molar-refractivity contribution is 6.35.